The number of hydrogen-bond donors (Lipinski definition) is 0. The highest BCUT2D eigenvalue weighted by Gasteiger charge is 2.19. The molecule has 0 spiro atoms. The topological polar surface area (TPSA) is 91.3 Å². The average molecular weight is 352 g/mol. The number of thiophene rings is 1. The summed E-state index contributed by atoms with van der Waals surface area (Å²) in [5, 5.41) is 20.7. The standard InChI is InChI=1S/C14H10ClN3O4S/c1-8(13-16-17-14(22-13)12-3-2-6-23-12)21-11-5-4-9(18(19)20)7-10(11)15/h2-8H,1H3/t8-/m1/s1. The van der Waals surface area contributed by atoms with E-state index in [0.29, 0.717) is 17.5 Å². The summed E-state index contributed by atoms with van der Waals surface area (Å²) >= 11 is 7.49. The third-order valence-electron chi connectivity index (χ3n) is 2.95. The fourth-order valence-corrected chi connectivity index (χ4v) is 2.70. The summed E-state index contributed by atoms with van der Waals surface area (Å²) in [5.74, 6) is 1.02. The van der Waals surface area contributed by atoms with Crippen molar-refractivity contribution in [1.82, 2.24) is 10.2 Å². The largest absolute Gasteiger partial charge is 0.479 e. The van der Waals surface area contributed by atoms with E-state index in [1.54, 1.807) is 6.92 Å². The maximum Gasteiger partial charge on any atom is 0.271 e. The van der Waals surface area contributed by atoms with Crippen LogP contribution in [0.1, 0.15) is 18.9 Å². The third-order valence-corrected chi connectivity index (χ3v) is 4.10. The van der Waals surface area contributed by atoms with Gasteiger partial charge in [-0.05, 0) is 24.4 Å². The van der Waals surface area contributed by atoms with Crippen molar-refractivity contribution in [3.63, 3.8) is 0 Å². The number of nitro groups is 1. The second-order valence-electron chi connectivity index (χ2n) is 4.55. The molecule has 7 nitrogen and oxygen atoms in total. The van der Waals surface area contributed by atoms with Crippen molar-refractivity contribution < 1.29 is 14.1 Å². The van der Waals surface area contributed by atoms with Crippen LogP contribution in [0.15, 0.2) is 40.1 Å². The van der Waals surface area contributed by atoms with Crippen molar-refractivity contribution in [2.45, 2.75) is 13.0 Å². The van der Waals surface area contributed by atoms with E-state index < -0.39 is 11.0 Å². The van der Waals surface area contributed by atoms with E-state index in [2.05, 4.69) is 10.2 Å². The quantitative estimate of drug-likeness (QED) is 0.496. The molecular weight excluding hydrogens is 342 g/mol. The zero-order valence-electron chi connectivity index (χ0n) is 11.8. The maximum absolute atomic E-state index is 10.7. The van der Waals surface area contributed by atoms with Crippen LogP contribution in [0.2, 0.25) is 5.02 Å². The Labute approximate surface area is 139 Å². The van der Waals surface area contributed by atoms with Crippen LogP contribution in [0.4, 0.5) is 5.69 Å². The number of aromatic nitrogens is 2. The number of nitro benzene ring substituents is 1. The number of ether oxygens (including phenoxy) is 1. The Kier molecular flexibility index (Phi) is 4.26. The summed E-state index contributed by atoms with van der Waals surface area (Å²) in [7, 11) is 0. The first-order chi connectivity index (χ1) is 11.0. The molecule has 0 aliphatic carbocycles. The Morgan fingerprint density at radius 3 is 2.87 bits per heavy atom. The van der Waals surface area contributed by atoms with E-state index in [-0.39, 0.29) is 10.7 Å². The van der Waals surface area contributed by atoms with Crippen LogP contribution in [-0.2, 0) is 0 Å². The number of hydrogen-bond acceptors (Lipinski definition) is 7. The fraction of sp³-hybridized carbons (Fsp3) is 0.143. The Hall–Kier alpha value is -2.45. The Morgan fingerprint density at radius 2 is 2.22 bits per heavy atom. The first-order valence-corrected chi connectivity index (χ1v) is 7.78. The van der Waals surface area contributed by atoms with Crippen LogP contribution in [0.5, 0.6) is 5.75 Å². The summed E-state index contributed by atoms with van der Waals surface area (Å²) in [6.45, 7) is 1.73. The van der Waals surface area contributed by atoms with Crippen molar-refractivity contribution in [2.75, 3.05) is 0 Å². The van der Waals surface area contributed by atoms with E-state index in [0.717, 1.165) is 4.88 Å². The molecule has 23 heavy (non-hydrogen) atoms. The normalized spacial score (nSPS) is 12.1. The molecule has 0 N–H and O–H groups in total. The predicted octanol–water partition coefficient (Wildman–Crippen LogP) is 4.50. The van der Waals surface area contributed by atoms with Crippen LogP contribution >= 0.6 is 22.9 Å². The number of halogens is 1. The van der Waals surface area contributed by atoms with Crippen molar-refractivity contribution in [1.29, 1.82) is 0 Å². The molecule has 0 saturated heterocycles. The molecule has 0 saturated carbocycles. The highest BCUT2D eigenvalue weighted by Crippen LogP contribution is 2.32. The summed E-state index contributed by atoms with van der Waals surface area (Å²) in [4.78, 5) is 11.0. The highest BCUT2D eigenvalue weighted by molar-refractivity contribution is 7.13. The third kappa shape index (κ3) is 3.33. The van der Waals surface area contributed by atoms with Gasteiger partial charge in [0.25, 0.3) is 17.5 Å². The molecule has 0 bridgehead atoms. The number of non-ortho nitro benzene ring substituents is 1. The zero-order chi connectivity index (χ0) is 16.4. The lowest BCUT2D eigenvalue weighted by molar-refractivity contribution is -0.384. The van der Waals surface area contributed by atoms with Crippen molar-refractivity contribution in [3.8, 4) is 16.5 Å². The lowest BCUT2D eigenvalue weighted by Crippen LogP contribution is -2.04. The van der Waals surface area contributed by atoms with Gasteiger partial charge in [-0.15, -0.1) is 21.5 Å². The molecule has 118 valence electrons. The van der Waals surface area contributed by atoms with Gasteiger partial charge in [-0.3, -0.25) is 10.1 Å². The van der Waals surface area contributed by atoms with E-state index in [4.69, 9.17) is 20.8 Å². The van der Waals surface area contributed by atoms with Gasteiger partial charge in [-0.25, -0.2) is 0 Å². The number of nitrogens with zero attached hydrogens (tertiary/aromatic N) is 3. The van der Waals surface area contributed by atoms with E-state index >= 15 is 0 Å². The minimum absolute atomic E-state index is 0.104. The molecule has 3 rings (SSSR count). The summed E-state index contributed by atoms with van der Waals surface area (Å²) in [6.07, 6.45) is -0.546. The first kappa shape index (κ1) is 15.4. The van der Waals surface area contributed by atoms with E-state index in [1.807, 2.05) is 17.5 Å². The smallest absolute Gasteiger partial charge is 0.271 e. The molecule has 0 aliphatic rings. The van der Waals surface area contributed by atoms with Crippen molar-refractivity contribution in [3.05, 3.63) is 56.7 Å². The summed E-state index contributed by atoms with van der Waals surface area (Å²) < 4.78 is 11.2. The van der Waals surface area contributed by atoms with Gasteiger partial charge in [-0.2, -0.15) is 0 Å². The van der Waals surface area contributed by atoms with E-state index in [1.165, 1.54) is 29.5 Å². The van der Waals surface area contributed by atoms with Gasteiger partial charge >= 0.3 is 0 Å². The maximum atomic E-state index is 10.7. The number of rotatable bonds is 5. The summed E-state index contributed by atoms with van der Waals surface area (Å²) in [5.41, 5.74) is -0.104. The Balaban J connectivity index is 1.77. The molecule has 3 aromatic rings. The van der Waals surface area contributed by atoms with E-state index in [9.17, 15) is 10.1 Å². The molecule has 0 amide bonds. The first-order valence-electron chi connectivity index (χ1n) is 6.52. The molecule has 9 heteroatoms. The van der Waals surface area contributed by atoms with Crippen LogP contribution < -0.4 is 4.74 Å². The second-order valence-corrected chi connectivity index (χ2v) is 5.91. The van der Waals surface area contributed by atoms with Gasteiger partial charge in [0, 0.05) is 12.1 Å². The highest BCUT2D eigenvalue weighted by atomic mass is 35.5. The van der Waals surface area contributed by atoms with Crippen molar-refractivity contribution in [2.24, 2.45) is 0 Å². The van der Waals surface area contributed by atoms with Gasteiger partial charge < -0.3 is 9.15 Å². The molecule has 2 heterocycles. The lowest BCUT2D eigenvalue weighted by atomic mass is 10.3. The molecule has 0 aliphatic heterocycles. The van der Waals surface area contributed by atoms with Crippen LogP contribution in [-0.4, -0.2) is 15.1 Å². The second kappa shape index (κ2) is 6.35. The van der Waals surface area contributed by atoms with Gasteiger partial charge in [-0.1, -0.05) is 17.7 Å². The van der Waals surface area contributed by atoms with Gasteiger partial charge in [0.2, 0.25) is 0 Å². The Morgan fingerprint density at radius 1 is 1.39 bits per heavy atom. The monoisotopic (exact) mass is 351 g/mol. The molecule has 1 aromatic carbocycles. The van der Waals surface area contributed by atoms with Crippen LogP contribution in [0, 0.1) is 10.1 Å². The van der Waals surface area contributed by atoms with Crippen LogP contribution in [0.25, 0.3) is 10.8 Å². The predicted molar refractivity (Wildman–Crippen MR) is 84.8 cm³/mol. The summed E-state index contributed by atoms with van der Waals surface area (Å²) in [6, 6.07) is 7.75. The lowest BCUT2D eigenvalue weighted by Gasteiger charge is -2.11. The molecule has 0 fully saturated rings. The van der Waals surface area contributed by atoms with Gasteiger partial charge in [0.15, 0.2) is 6.10 Å². The SMILES string of the molecule is C[C@@H](Oc1ccc([N+](=O)[O-])cc1Cl)c1nnc(-c2cccs2)o1. The van der Waals surface area contributed by atoms with Crippen LogP contribution in [0.3, 0.4) is 0 Å². The fourth-order valence-electron chi connectivity index (χ4n) is 1.84. The number of benzene rings is 1. The average Bonchev–Trinajstić information content (AvgIpc) is 3.19. The minimum atomic E-state index is -0.546. The van der Waals surface area contributed by atoms with Crippen molar-refractivity contribution >= 4 is 28.6 Å². The zero-order valence-corrected chi connectivity index (χ0v) is 13.4. The minimum Gasteiger partial charge on any atom is -0.479 e. The molecule has 0 radical (unpaired) electrons. The molecule has 2 aromatic heterocycles. The van der Waals surface area contributed by atoms with Gasteiger partial charge in [0.05, 0.1) is 14.8 Å². The Bertz CT molecular complexity index is 834. The molecule has 1 atom stereocenters. The van der Waals surface area contributed by atoms with Gasteiger partial charge in [0.1, 0.15) is 5.75 Å². The molecular formula is C14H10ClN3O4S. The molecule has 0 unspecified atom stereocenters.